The zero-order chi connectivity index (χ0) is 21.2. The highest BCUT2D eigenvalue weighted by Crippen LogP contribution is 2.29. The Labute approximate surface area is 162 Å². The van der Waals surface area contributed by atoms with Crippen molar-refractivity contribution in [2.45, 2.75) is 26.2 Å². The standard InChI is InChI=1S/C18H16F3N5O3/c1-11-7-15(23-16(27)10-26-14(17(28)29)5-6-22-26)24-25(11)9-12-3-2-4-13(8-12)18(19,20)21/h2-8H,9-10H2,1H3,(H,28,29)(H,23,24,27). The van der Waals surface area contributed by atoms with E-state index >= 15 is 0 Å². The highest BCUT2D eigenvalue weighted by molar-refractivity contribution is 5.91. The van der Waals surface area contributed by atoms with Gasteiger partial charge in [-0.1, -0.05) is 12.1 Å². The molecular weight excluding hydrogens is 391 g/mol. The monoisotopic (exact) mass is 407 g/mol. The predicted octanol–water partition coefficient (Wildman–Crippen LogP) is 2.79. The largest absolute Gasteiger partial charge is 0.477 e. The summed E-state index contributed by atoms with van der Waals surface area (Å²) in [6, 6.07) is 7.75. The van der Waals surface area contributed by atoms with Crippen molar-refractivity contribution in [2.75, 3.05) is 5.32 Å². The second kappa shape index (κ2) is 7.78. The third kappa shape index (κ3) is 4.81. The molecule has 3 rings (SSSR count). The van der Waals surface area contributed by atoms with Gasteiger partial charge in [-0.2, -0.15) is 23.4 Å². The number of amides is 1. The summed E-state index contributed by atoms with van der Waals surface area (Å²) in [5, 5.41) is 19.5. The number of hydrogen-bond acceptors (Lipinski definition) is 4. The highest BCUT2D eigenvalue weighted by Gasteiger charge is 2.30. The molecule has 8 nitrogen and oxygen atoms in total. The van der Waals surface area contributed by atoms with Crippen LogP contribution in [0.2, 0.25) is 0 Å². The van der Waals surface area contributed by atoms with Gasteiger partial charge in [0.25, 0.3) is 0 Å². The van der Waals surface area contributed by atoms with Gasteiger partial charge in [-0.25, -0.2) is 9.48 Å². The Balaban J connectivity index is 1.70. The van der Waals surface area contributed by atoms with Gasteiger partial charge in [-0.15, -0.1) is 0 Å². The van der Waals surface area contributed by atoms with Gasteiger partial charge < -0.3 is 10.4 Å². The van der Waals surface area contributed by atoms with Crippen molar-refractivity contribution in [1.29, 1.82) is 0 Å². The first-order valence-corrected chi connectivity index (χ1v) is 8.39. The molecular formula is C18H16F3N5O3. The Morgan fingerprint density at radius 2 is 1.93 bits per heavy atom. The Bertz CT molecular complexity index is 1060. The lowest BCUT2D eigenvalue weighted by atomic mass is 10.1. The Hall–Kier alpha value is -3.63. The van der Waals surface area contributed by atoms with E-state index in [9.17, 15) is 22.8 Å². The van der Waals surface area contributed by atoms with E-state index in [1.807, 2.05) is 0 Å². The molecule has 0 fully saturated rings. The summed E-state index contributed by atoms with van der Waals surface area (Å²) < 4.78 is 41.1. The van der Waals surface area contributed by atoms with Crippen LogP contribution in [0.15, 0.2) is 42.6 Å². The van der Waals surface area contributed by atoms with E-state index in [2.05, 4.69) is 15.5 Å². The summed E-state index contributed by atoms with van der Waals surface area (Å²) >= 11 is 0. The number of halogens is 3. The fourth-order valence-corrected chi connectivity index (χ4v) is 2.71. The zero-order valence-corrected chi connectivity index (χ0v) is 15.1. The minimum atomic E-state index is -4.43. The van der Waals surface area contributed by atoms with Gasteiger partial charge in [0.15, 0.2) is 5.82 Å². The molecule has 0 saturated heterocycles. The summed E-state index contributed by atoms with van der Waals surface area (Å²) in [6.45, 7) is 1.47. The molecule has 0 aliphatic carbocycles. The smallest absolute Gasteiger partial charge is 0.416 e. The molecule has 1 aromatic carbocycles. The maximum atomic E-state index is 12.9. The lowest BCUT2D eigenvalue weighted by Crippen LogP contribution is -2.22. The van der Waals surface area contributed by atoms with E-state index in [-0.39, 0.29) is 24.6 Å². The van der Waals surface area contributed by atoms with Crippen molar-refractivity contribution in [3.05, 3.63) is 65.1 Å². The third-order valence-corrected chi connectivity index (χ3v) is 4.06. The summed E-state index contributed by atoms with van der Waals surface area (Å²) in [5.74, 6) is -1.56. The number of nitrogens with zero attached hydrogens (tertiary/aromatic N) is 4. The number of nitrogens with one attached hydrogen (secondary N) is 1. The number of benzene rings is 1. The first kappa shape index (κ1) is 20.1. The Morgan fingerprint density at radius 3 is 2.62 bits per heavy atom. The maximum absolute atomic E-state index is 12.9. The number of carbonyl (C=O) groups excluding carboxylic acids is 1. The average molecular weight is 407 g/mol. The SMILES string of the molecule is Cc1cc(NC(=O)Cn2nccc2C(=O)O)nn1Cc1cccc(C(F)(F)F)c1. The number of carboxylic acid groups (broad SMARTS) is 1. The van der Waals surface area contributed by atoms with E-state index < -0.39 is 23.6 Å². The van der Waals surface area contributed by atoms with Gasteiger partial charge in [0.2, 0.25) is 5.91 Å². The molecule has 0 aliphatic heterocycles. The molecule has 11 heteroatoms. The van der Waals surface area contributed by atoms with Crippen molar-refractivity contribution in [1.82, 2.24) is 19.6 Å². The van der Waals surface area contributed by atoms with Crippen LogP contribution in [0, 0.1) is 6.92 Å². The lowest BCUT2D eigenvalue weighted by Gasteiger charge is -2.09. The number of aryl methyl sites for hydroxylation is 1. The summed E-state index contributed by atoms with van der Waals surface area (Å²) in [7, 11) is 0. The number of hydrogen-bond donors (Lipinski definition) is 2. The van der Waals surface area contributed by atoms with Crippen LogP contribution in [0.1, 0.15) is 27.3 Å². The van der Waals surface area contributed by atoms with Crippen LogP contribution < -0.4 is 5.32 Å². The van der Waals surface area contributed by atoms with E-state index in [1.165, 1.54) is 23.0 Å². The average Bonchev–Trinajstić information content (AvgIpc) is 3.21. The second-order valence-corrected chi connectivity index (χ2v) is 6.25. The summed E-state index contributed by atoms with van der Waals surface area (Å²) in [5.41, 5.74) is 0.155. The number of carboxylic acids is 1. The van der Waals surface area contributed by atoms with Gasteiger partial charge in [0, 0.05) is 18.0 Å². The molecule has 0 aliphatic rings. The van der Waals surface area contributed by atoms with Crippen molar-refractivity contribution in [3.8, 4) is 0 Å². The van der Waals surface area contributed by atoms with Crippen LogP contribution >= 0.6 is 0 Å². The van der Waals surface area contributed by atoms with Gasteiger partial charge in [0.05, 0.1) is 12.1 Å². The van der Waals surface area contributed by atoms with E-state index in [4.69, 9.17) is 5.11 Å². The van der Waals surface area contributed by atoms with Crippen LogP contribution in [-0.4, -0.2) is 36.5 Å². The van der Waals surface area contributed by atoms with Crippen molar-refractivity contribution in [2.24, 2.45) is 0 Å². The second-order valence-electron chi connectivity index (χ2n) is 6.25. The molecule has 2 heterocycles. The molecule has 2 N–H and O–H groups in total. The van der Waals surface area contributed by atoms with Gasteiger partial charge in [-0.3, -0.25) is 9.48 Å². The molecule has 0 radical (unpaired) electrons. The number of anilines is 1. The number of aromatic nitrogens is 4. The number of alkyl halides is 3. The quantitative estimate of drug-likeness (QED) is 0.654. The van der Waals surface area contributed by atoms with E-state index in [0.717, 1.165) is 16.8 Å². The van der Waals surface area contributed by atoms with Crippen molar-refractivity contribution < 1.29 is 27.9 Å². The molecule has 2 aromatic heterocycles. The molecule has 3 aromatic rings. The first-order valence-electron chi connectivity index (χ1n) is 8.39. The van der Waals surface area contributed by atoms with Crippen LogP contribution in [0.5, 0.6) is 0 Å². The van der Waals surface area contributed by atoms with Crippen LogP contribution in [0.4, 0.5) is 19.0 Å². The highest BCUT2D eigenvalue weighted by atomic mass is 19.4. The van der Waals surface area contributed by atoms with Crippen molar-refractivity contribution >= 4 is 17.7 Å². The number of carbonyl (C=O) groups is 2. The molecule has 0 spiro atoms. The minimum absolute atomic E-state index is 0.0912. The molecule has 1 amide bonds. The fraction of sp³-hybridized carbons (Fsp3) is 0.222. The minimum Gasteiger partial charge on any atom is -0.477 e. The predicted molar refractivity (Wildman–Crippen MR) is 95.3 cm³/mol. The lowest BCUT2D eigenvalue weighted by molar-refractivity contribution is -0.137. The number of rotatable bonds is 6. The topological polar surface area (TPSA) is 102 Å². The molecule has 0 bridgehead atoms. The molecule has 0 atom stereocenters. The van der Waals surface area contributed by atoms with Crippen LogP contribution in [-0.2, 0) is 24.1 Å². The zero-order valence-electron chi connectivity index (χ0n) is 15.1. The molecule has 152 valence electrons. The van der Waals surface area contributed by atoms with E-state index in [0.29, 0.717) is 11.3 Å². The Morgan fingerprint density at radius 1 is 1.17 bits per heavy atom. The maximum Gasteiger partial charge on any atom is 0.416 e. The fourth-order valence-electron chi connectivity index (χ4n) is 2.71. The van der Waals surface area contributed by atoms with Crippen LogP contribution in [0.3, 0.4) is 0 Å². The molecule has 0 unspecified atom stereocenters. The Kier molecular flexibility index (Phi) is 5.39. The first-order chi connectivity index (χ1) is 13.6. The van der Waals surface area contributed by atoms with Gasteiger partial charge >= 0.3 is 12.1 Å². The van der Waals surface area contributed by atoms with Crippen molar-refractivity contribution in [3.63, 3.8) is 0 Å². The van der Waals surface area contributed by atoms with Crippen LogP contribution in [0.25, 0.3) is 0 Å². The van der Waals surface area contributed by atoms with E-state index in [1.54, 1.807) is 19.1 Å². The summed E-state index contributed by atoms with van der Waals surface area (Å²) in [6.07, 6.45) is -3.17. The number of aromatic carboxylic acids is 1. The molecule has 29 heavy (non-hydrogen) atoms. The third-order valence-electron chi connectivity index (χ3n) is 4.06. The van der Waals surface area contributed by atoms with Gasteiger partial charge in [-0.05, 0) is 30.7 Å². The normalized spacial score (nSPS) is 11.4. The van der Waals surface area contributed by atoms with Gasteiger partial charge in [0.1, 0.15) is 12.2 Å². The summed E-state index contributed by atoms with van der Waals surface area (Å²) in [4.78, 5) is 23.2. The molecule has 0 saturated carbocycles.